The topological polar surface area (TPSA) is 64.7 Å². The molecule has 0 saturated carbocycles. The van der Waals surface area contributed by atoms with Crippen LogP contribution in [-0.2, 0) is 6.54 Å². The van der Waals surface area contributed by atoms with E-state index in [1.165, 1.54) is 5.01 Å². The van der Waals surface area contributed by atoms with Gasteiger partial charge in [0.2, 0.25) is 0 Å². The molecule has 0 saturated heterocycles. The van der Waals surface area contributed by atoms with Gasteiger partial charge in [0.1, 0.15) is 6.54 Å². The number of rotatable bonds is 3. The van der Waals surface area contributed by atoms with Gasteiger partial charge >= 0.3 is 29.6 Å². The summed E-state index contributed by atoms with van der Waals surface area (Å²) in [6, 6.07) is 9.48. The molecule has 0 aromatic heterocycles. The van der Waals surface area contributed by atoms with Crippen LogP contribution in [0.2, 0.25) is 0 Å². The summed E-state index contributed by atoms with van der Waals surface area (Å²) in [5, 5.41) is 25.4. The molecule has 0 aliphatic rings. The molecule has 1 aromatic carbocycles. The molecule has 0 atom stereocenters. The number of hydrazine groups is 1. The molecule has 0 unspecified atom stereocenters. The van der Waals surface area contributed by atoms with Crippen LogP contribution in [0.3, 0.4) is 0 Å². The third-order valence-electron chi connectivity index (χ3n) is 2.23. The SMILES string of the molecule is CC(C)(C)N(Cc1ccccc1)/[N+]([O-])=N\[O-].[Na+]. The predicted molar refractivity (Wildman–Crippen MR) is 61.2 cm³/mol. The Bertz CT molecular complexity index is 363. The normalized spacial score (nSPS) is 11.8. The third-order valence-corrected chi connectivity index (χ3v) is 2.23. The van der Waals surface area contributed by atoms with E-state index >= 15 is 0 Å². The molecule has 1 aromatic rings. The average molecular weight is 245 g/mol. The molecule has 0 bridgehead atoms. The van der Waals surface area contributed by atoms with Crippen molar-refractivity contribution in [1.82, 2.24) is 5.01 Å². The molecule has 0 spiro atoms. The van der Waals surface area contributed by atoms with Crippen LogP contribution in [0.5, 0.6) is 0 Å². The zero-order valence-corrected chi connectivity index (χ0v) is 12.8. The van der Waals surface area contributed by atoms with Gasteiger partial charge in [0.15, 0.2) is 0 Å². The zero-order chi connectivity index (χ0) is 12.2. The second-order valence-electron chi connectivity index (χ2n) is 4.55. The van der Waals surface area contributed by atoms with Crippen LogP contribution in [-0.4, -0.2) is 15.5 Å². The second-order valence-corrected chi connectivity index (χ2v) is 4.55. The van der Waals surface area contributed by atoms with Crippen LogP contribution in [0.25, 0.3) is 0 Å². The van der Waals surface area contributed by atoms with Crippen LogP contribution >= 0.6 is 0 Å². The Morgan fingerprint density at radius 2 is 1.76 bits per heavy atom. The largest absolute Gasteiger partial charge is 1.00 e. The molecule has 6 heteroatoms. The van der Waals surface area contributed by atoms with Gasteiger partial charge in [-0.1, -0.05) is 30.3 Å². The molecule has 0 amide bonds. The fraction of sp³-hybridized carbons (Fsp3) is 0.455. The van der Waals surface area contributed by atoms with Crippen molar-refractivity contribution >= 4 is 0 Å². The zero-order valence-electron chi connectivity index (χ0n) is 10.8. The van der Waals surface area contributed by atoms with Gasteiger partial charge in [0, 0.05) is 4.97 Å². The first-order valence-electron chi connectivity index (χ1n) is 5.07. The van der Waals surface area contributed by atoms with Gasteiger partial charge in [-0.15, -0.1) is 5.01 Å². The van der Waals surface area contributed by atoms with Gasteiger partial charge in [0.25, 0.3) is 0 Å². The van der Waals surface area contributed by atoms with E-state index in [0.29, 0.717) is 6.54 Å². The third kappa shape index (κ3) is 4.93. The second kappa shape index (κ2) is 6.83. The van der Waals surface area contributed by atoms with Crippen LogP contribution in [0.15, 0.2) is 35.6 Å². The van der Waals surface area contributed by atoms with E-state index in [9.17, 15) is 10.4 Å². The Balaban J connectivity index is 0.00000256. The molecule has 0 radical (unpaired) electrons. The average Bonchev–Trinajstić information content (AvgIpc) is 2.25. The van der Waals surface area contributed by atoms with Gasteiger partial charge in [-0.25, -0.2) is 0 Å². The Hall–Kier alpha value is -0.780. The first-order chi connectivity index (χ1) is 7.45. The fourth-order valence-electron chi connectivity index (χ4n) is 1.35. The smallest absolute Gasteiger partial charge is 0.737 e. The quantitative estimate of drug-likeness (QED) is 0.317. The van der Waals surface area contributed by atoms with Crippen LogP contribution in [0, 0.1) is 10.4 Å². The number of hydrogen-bond donors (Lipinski definition) is 0. The number of hydrogen-bond acceptors (Lipinski definition) is 3. The van der Waals surface area contributed by atoms with Crippen molar-refractivity contribution in [2.45, 2.75) is 32.9 Å². The van der Waals surface area contributed by atoms with Gasteiger partial charge in [-0.3, -0.25) is 0 Å². The summed E-state index contributed by atoms with van der Waals surface area (Å²) in [7, 11) is 0. The molecule has 0 heterocycles. The van der Waals surface area contributed by atoms with Crippen molar-refractivity contribution in [3.8, 4) is 0 Å². The summed E-state index contributed by atoms with van der Waals surface area (Å²) >= 11 is 0. The molecule has 1 rings (SSSR count). The number of nitrogens with zero attached hydrogens (tertiary/aromatic N) is 3. The molecular formula is C11H16N3NaO2. The van der Waals surface area contributed by atoms with Crippen LogP contribution in [0.4, 0.5) is 0 Å². The molecule has 0 N–H and O–H groups in total. The van der Waals surface area contributed by atoms with Gasteiger partial charge < -0.3 is 10.4 Å². The summed E-state index contributed by atoms with van der Waals surface area (Å²) in [6.45, 7) is 5.92. The van der Waals surface area contributed by atoms with Crippen molar-refractivity contribution in [3.63, 3.8) is 0 Å². The van der Waals surface area contributed by atoms with Gasteiger partial charge in [-0.05, 0) is 31.6 Å². The molecule has 0 aliphatic carbocycles. The Morgan fingerprint density at radius 3 is 2.18 bits per heavy atom. The van der Waals surface area contributed by atoms with E-state index in [0.717, 1.165) is 5.56 Å². The van der Waals surface area contributed by atoms with E-state index in [2.05, 4.69) is 5.28 Å². The van der Waals surface area contributed by atoms with Crippen LogP contribution < -0.4 is 29.6 Å². The minimum absolute atomic E-state index is 0. The molecule has 17 heavy (non-hydrogen) atoms. The Kier molecular flexibility index (Phi) is 6.52. The van der Waals surface area contributed by atoms with Crippen molar-refractivity contribution in [2.75, 3.05) is 0 Å². The van der Waals surface area contributed by atoms with E-state index in [1.807, 2.05) is 51.1 Å². The van der Waals surface area contributed by atoms with E-state index in [4.69, 9.17) is 0 Å². The maximum absolute atomic E-state index is 11.3. The minimum Gasteiger partial charge on any atom is -0.737 e. The van der Waals surface area contributed by atoms with Gasteiger partial charge in [0.05, 0.1) is 5.54 Å². The summed E-state index contributed by atoms with van der Waals surface area (Å²) in [4.78, 5) is 0.104. The summed E-state index contributed by atoms with van der Waals surface area (Å²) in [5.74, 6) is 0. The molecule has 88 valence electrons. The summed E-state index contributed by atoms with van der Waals surface area (Å²) in [6.07, 6.45) is 0. The molecule has 0 aliphatic heterocycles. The van der Waals surface area contributed by atoms with Crippen molar-refractivity contribution in [3.05, 3.63) is 46.3 Å². The first kappa shape index (κ1) is 16.2. The molecular weight excluding hydrogens is 229 g/mol. The maximum Gasteiger partial charge on any atom is 1.00 e. The van der Waals surface area contributed by atoms with Crippen molar-refractivity contribution < 1.29 is 34.5 Å². The maximum atomic E-state index is 11.3. The monoisotopic (exact) mass is 245 g/mol. The summed E-state index contributed by atoms with van der Waals surface area (Å²) in [5.41, 5.74) is 0.507. The minimum atomic E-state index is -0.453. The Morgan fingerprint density at radius 1 is 1.24 bits per heavy atom. The van der Waals surface area contributed by atoms with Crippen molar-refractivity contribution in [1.29, 1.82) is 0 Å². The van der Waals surface area contributed by atoms with E-state index in [-0.39, 0.29) is 34.5 Å². The predicted octanol–water partition coefficient (Wildman–Crippen LogP) is -0.334. The van der Waals surface area contributed by atoms with E-state index < -0.39 is 5.54 Å². The molecule has 5 nitrogen and oxygen atoms in total. The van der Waals surface area contributed by atoms with E-state index in [1.54, 1.807) is 0 Å². The summed E-state index contributed by atoms with van der Waals surface area (Å²) < 4.78 is 0. The van der Waals surface area contributed by atoms with Crippen molar-refractivity contribution in [2.24, 2.45) is 5.28 Å². The molecule has 0 fully saturated rings. The number of benzene rings is 1. The van der Waals surface area contributed by atoms with Gasteiger partial charge in [-0.2, -0.15) is 0 Å². The Labute approximate surface area is 124 Å². The first-order valence-corrected chi connectivity index (χ1v) is 5.07. The fourth-order valence-corrected chi connectivity index (χ4v) is 1.35. The van der Waals surface area contributed by atoms with Crippen LogP contribution in [0.1, 0.15) is 26.3 Å². The standard InChI is InChI=1S/C11H17N3O2.Na/c1-11(2,3)13(14(16)12-15)9-10-7-5-4-6-8-10;/h4-8,15H,9H2,1-3H3;/q;+1/p-1/b14-12+;.